The maximum absolute atomic E-state index is 14.0. The fourth-order valence-electron chi connectivity index (χ4n) is 10.5. The Morgan fingerprint density at radius 3 is 1.62 bits per heavy atom. The molecule has 2 saturated carbocycles. The number of nitrogens with zero attached hydrogens (tertiary/aromatic N) is 4. The second-order valence-corrected chi connectivity index (χ2v) is 17.8. The highest BCUT2D eigenvalue weighted by Gasteiger charge is 2.52. The van der Waals surface area contributed by atoms with Crippen LogP contribution in [0.4, 0.5) is 0 Å². The van der Waals surface area contributed by atoms with Gasteiger partial charge >= 0.3 is 0 Å². The van der Waals surface area contributed by atoms with Gasteiger partial charge in [0.2, 0.25) is 23.6 Å². The van der Waals surface area contributed by atoms with Crippen molar-refractivity contribution >= 4 is 23.6 Å². The molecule has 8 rings (SSSR count). The van der Waals surface area contributed by atoms with Crippen molar-refractivity contribution in [2.24, 2.45) is 35.5 Å². The van der Waals surface area contributed by atoms with Crippen LogP contribution in [-0.4, -0.2) is 79.5 Å². The first-order valence-corrected chi connectivity index (χ1v) is 21.3. The summed E-state index contributed by atoms with van der Waals surface area (Å²) in [6, 6.07) is 17.0. The number of imidazole rings is 2. The Kier molecular flexibility index (Phi) is 11.0. The number of likely N-dealkylation sites (tertiary alicyclic amines) is 2. The zero-order chi connectivity index (χ0) is 40.8. The van der Waals surface area contributed by atoms with E-state index in [-0.39, 0.29) is 84.3 Å². The summed E-state index contributed by atoms with van der Waals surface area (Å²) in [5.74, 6) is 1.65. The summed E-state index contributed by atoms with van der Waals surface area (Å²) in [4.78, 5) is 73.7. The number of benzene rings is 2. The van der Waals surface area contributed by atoms with E-state index >= 15 is 0 Å². The number of H-pyrrole nitrogens is 2. The summed E-state index contributed by atoms with van der Waals surface area (Å²) < 4.78 is 0. The van der Waals surface area contributed by atoms with Crippen LogP contribution < -0.4 is 10.6 Å². The fourth-order valence-corrected chi connectivity index (χ4v) is 10.5. The smallest absolute Gasteiger partial charge is 0.227 e. The first-order chi connectivity index (χ1) is 27.9. The molecule has 8 atom stereocenters. The molecule has 2 aliphatic heterocycles. The number of rotatable bonds is 13. The molecule has 2 aromatic carbocycles. The number of aromatic nitrogens is 4. The molecule has 4 aromatic rings. The summed E-state index contributed by atoms with van der Waals surface area (Å²) in [5.41, 5.74) is 5.94. The standard InChI is InChI=1S/C46H58N8O4/c1-25(2)35(21-39(55)47-5)45(57)53-33-17-15-31(19-33)41(53)43-49-23-37(51-43)29-11-7-27(8-12-29)28-9-13-30(14-10-28)38-24-50-44(52-38)42-32-16-18-34(20-32)54(42)46(58)36(26(3)4)22-40(56)48-6/h7-14,23-26,31-36,41-42H,15-22H2,1-6H3,(H,47,55)(H,48,56)(H,49,51)(H,50,52)/t31?,32?,33?,34?,35-,36-,41-,42-/m0/s1. The maximum Gasteiger partial charge on any atom is 0.227 e. The third-order valence-corrected chi connectivity index (χ3v) is 13.8. The number of hydrogen-bond acceptors (Lipinski definition) is 6. The van der Waals surface area contributed by atoms with Gasteiger partial charge in [-0.3, -0.25) is 19.2 Å². The van der Waals surface area contributed by atoms with Gasteiger partial charge in [0.1, 0.15) is 11.6 Å². The first-order valence-electron chi connectivity index (χ1n) is 21.3. The molecular formula is C46H58N8O4. The summed E-state index contributed by atoms with van der Waals surface area (Å²) in [6.45, 7) is 8.08. The van der Waals surface area contributed by atoms with Gasteiger partial charge in [-0.15, -0.1) is 0 Å². The Labute approximate surface area is 341 Å². The molecule has 4 fully saturated rings. The molecular weight excluding hydrogens is 729 g/mol. The van der Waals surface area contributed by atoms with E-state index in [2.05, 4.69) is 78.9 Å². The number of carbonyl (C=O) groups is 4. The van der Waals surface area contributed by atoms with Crippen molar-refractivity contribution in [1.29, 1.82) is 0 Å². The van der Waals surface area contributed by atoms with E-state index in [0.717, 1.165) is 83.8 Å². The molecule has 2 aliphatic carbocycles. The molecule has 0 radical (unpaired) electrons. The zero-order valence-electron chi connectivity index (χ0n) is 34.6. The van der Waals surface area contributed by atoms with Crippen LogP contribution in [0, 0.1) is 35.5 Å². The second-order valence-electron chi connectivity index (χ2n) is 17.8. The molecule has 58 heavy (non-hydrogen) atoms. The van der Waals surface area contributed by atoms with Gasteiger partial charge in [-0.05, 0) is 78.9 Å². The summed E-state index contributed by atoms with van der Waals surface area (Å²) in [7, 11) is 3.24. The highest BCUT2D eigenvalue weighted by Crippen LogP contribution is 2.52. The van der Waals surface area contributed by atoms with Crippen LogP contribution in [0.15, 0.2) is 60.9 Å². The number of nitrogens with one attached hydrogen (secondary N) is 4. The Morgan fingerprint density at radius 2 is 1.14 bits per heavy atom. The SMILES string of the molecule is CNC(=O)C[C@H](C(=O)N1C2CCC(C2)[C@H]1c1nc(-c2ccc(-c3ccc(-c4cnc([C@@H]5C6CCC(C6)N5C(=O)[C@@H](CC(=O)NC)C(C)C)[nH]4)cc3)cc2)c[nH]1)C(C)C. The van der Waals surface area contributed by atoms with E-state index in [4.69, 9.17) is 9.97 Å². The van der Waals surface area contributed by atoms with Crippen LogP contribution in [0.3, 0.4) is 0 Å². The van der Waals surface area contributed by atoms with Gasteiger partial charge in [-0.25, -0.2) is 9.97 Å². The molecule has 0 spiro atoms. The lowest BCUT2D eigenvalue weighted by Gasteiger charge is -2.37. The monoisotopic (exact) mass is 786 g/mol. The maximum atomic E-state index is 14.0. The Hall–Kier alpha value is -5.26. The molecule has 4 heterocycles. The summed E-state index contributed by atoms with van der Waals surface area (Å²) >= 11 is 0. The molecule has 2 aromatic heterocycles. The molecule has 4 N–H and O–H groups in total. The minimum atomic E-state index is -0.365. The number of hydrogen-bond donors (Lipinski definition) is 4. The van der Waals surface area contributed by atoms with Crippen LogP contribution >= 0.6 is 0 Å². The fraction of sp³-hybridized carbons (Fsp3) is 0.522. The minimum Gasteiger partial charge on any atom is -0.359 e. The van der Waals surface area contributed by atoms with Crippen LogP contribution in [0.2, 0.25) is 0 Å². The van der Waals surface area contributed by atoms with Crippen molar-refractivity contribution in [3.05, 3.63) is 72.6 Å². The molecule has 4 bridgehead atoms. The Bertz CT molecular complexity index is 1990. The molecule has 2 saturated heterocycles. The molecule has 306 valence electrons. The minimum absolute atomic E-state index is 0.0534. The number of carbonyl (C=O) groups excluding carboxylic acids is 4. The normalized spacial score (nSPS) is 24.5. The van der Waals surface area contributed by atoms with E-state index in [9.17, 15) is 19.2 Å². The van der Waals surface area contributed by atoms with E-state index < -0.39 is 0 Å². The van der Waals surface area contributed by atoms with Crippen LogP contribution in [0.25, 0.3) is 33.6 Å². The third kappa shape index (κ3) is 7.34. The number of amides is 4. The van der Waals surface area contributed by atoms with E-state index in [1.165, 1.54) is 0 Å². The number of aromatic amines is 2. The van der Waals surface area contributed by atoms with Crippen molar-refractivity contribution in [3.8, 4) is 33.6 Å². The average Bonchev–Trinajstić information content (AvgIpc) is 4.10. The predicted molar refractivity (Wildman–Crippen MR) is 222 cm³/mol. The summed E-state index contributed by atoms with van der Waals surface area (Å²) in [6.07, 6.45) is 10.3. The quantitative estimate of drug-likeness (QED) is 0.114. The molecule has 12 nitrogen and oxygen atoms in total. The Morgan fingerprint density at radius 1 is 0.672 bits per heavy atom. The van der Waals surface area contributed by atoms with E-state index in [1.807, 2.05) is 40.1 Å². The van der Waals surface area contributed by atoms with Crippen LogP contribution in [-0.2, 0) is 19.2 Å². The lowest BCUT2D eigenvalue weighted by Crippen LogP contribution is -2.46. The molecule has 4 aliphatic rings. The Balaban J connectivity index is 0.951. The van der Waals surface area contributed by atoms with Crippen molar-refractivity contribution in [2.75, 3.05) is 14.1 Å². The molecule has 4 unspecified atom stereocenters. The van der Waals surface area contributed by atoms with Gasteiger partial charge in [0.25, 0.3) is 0 Å². The van der Waals surface area contributed by atoms with E-state index in [0.29, 0.717) is 11.8 Å². The second kappa shape index (κ2) is 16.2. The van der Waals surface area contributed by atoms with Gasteiger partial charge < -0.3 is 30.4 Å². The van der Waals surface area contributed by atoms with Gasteiger partial charge in [0.05, 0.1) is 29.7 Å². The number of piperidine rings is 2. The lowest BCUT2D eigenvalue weighted by molar-refractivity contribution is -0.144. The van der Waals surface area contributed by atoms with Crippen molar-refractivity contribution in [2.45, 2.75) is 103 Å². The van der Waals surface area contributed by atoms with Gasteiger partial charge in [-0.2, -0.15) is 0 Å². The third-order valence-electron chi connectivity index (χ3n) is 13.8. The van der Waals surface area contributed by atoms with Gasteiger partial charge in [-0.1, -0.05) is 76.2 Å². The topological polar surface area (TPSA) is 156 Å². The predicted octanol–water partition coefficient (Wildman–Crippen LogP) is 7.05. The first kappa shape index (κ1) is 39.6. The van der Waals surface area contributed by atoms with Crippen LogP contribution in [0.5, 0.6) is 0 Å². The average molecular weight is 787 g/mol. The van der Waals surface area contributed by atoms with Gasteiger partial charge in [0, 0.05) is 62.6 Å². The highest BCUT2D eigenvalue weighted by molar-refractivity contribution is 5.87. The van der Waals surface area contributed by atoms with Crippen LogP contribution in [0.1, 0.15) is 103 Å². The van der Waals surface area contributed by atoms with E-state index in [1.54, 1.807) is 14.1 Å². The largest absolute Gasteiger partial charge is 0.359 e. The molecule has 4 amide bonds. The highest BCUT2D eigenvalue weighted by atomic mass is 16.2. The van der Waals surface area contributed by atoms with Crippen molar-refractivity contribution < 1.29 is 19.2 Å². The van der Waals surface area contributed by atoms with Crippen molar-refractivity contribution in [1.82, 2.24) is 40.4 Å². The number of fused-ring (bicyclic) bond motifs is 4. The van der Waals surface area contributed by atoms with Gasteiger partial charge in [0.15, 0.2) is 0 Å². The summed E-state index contributed by atoms with van der Waals surface area (Å²) in [5, 5.41) is 5.39. The molecule has 12 heteroatoms. The lowest BCUT2D eigenvalue weighted by atomic mass is 9.88. The van der Waals surface area contributed by atoms with Crippen molar-refractivity contribution in [3.63, 3.8) is 0 Å². The zero-order valence-corrected chi connectivity index (χ0v) is 34.6.